The summed E-state index contributed by atoms with van der Waals surface area (Å²) in [7, 11) is 0. The third kappa shape index (κ3) is 10.1. The van der Waals surface area contributed by atoms with Crippen molar-refractivity contribution in [2.45, 2.75) is 0 Å². The smallest absolute Gasteiger partial charge is 0.372 e. The van der Waals surface area contributed by atoms with Crippen LogP contribution in [0.5, 0.6) is 0 Å². The fourth-order valence-corrected chi connectivity index (χ4v) is 2.40. The molecule has 0 atom stereocenters. The van der Waals surface area contributed by atoms with Gasteiger partial charge in [0.25, 0.3) is 0 Å². The van der Waals surface area contributed by atoms with Gasteiger partial charge in [0.2, 0.25) is 23.0 Å². The molecule has 0 saturated heterocycles. The lowest BCUT2D eigenvalue weighted by Gasteiger charge is -1.88. The average Bonchev–Trinajstić information content (AvgIpc) is 3.75. The molecule has 20 nitrogen and oxygen atoms in total. The van der Waals surface area contributed by atoms with E-state index < -0.39 is 53.5 Å². The minimum atomic E-state index is -1.38. The number of furan rings is 4. The highest BCUT2D eigenvalue weighted by molar-refractivity contribution is 6.01. The molecule has 0 saturated carbocycles. The van der Waals surface area contributed by atoms with Crippen molar-refractivity contribution in [3.8, 4) is 0 Å². The fourth-order valence-electron chi connectivity index (χ4n) is 2.40. The zero-order valence-corrected chi connectivity index (χ0v) is 21.1. The molecule has 0 aliphatic heterocycles. The molecule has 0 aliphatic rings. The van der Waals surface area contributed by atoms with Gasteiger partial charge in [0.1, 0.15) is 35.5 Å². The van der Waals surface area contributed by atoms with Gasteiger partial charge in [-0.15, -0.1) is 0 Å². The van der Waals surface area contributed by atoms with Crippen molar-refractivity contribution >= 4 is 47.8 Å². The number of carboxylic acids is 8. The predicted molar refractivity (Wildman–Crippen MR) is 131 cm³/mol. The molecule has 44 heavy (non-hydrogen) atoms. The van der Waals surface area contributed by atoms with E-state index in [9.17, 15) is 38.4 Å². The van der Waals surface area contributed by atoms with Gasteiger partial charge < -0.3 is 58.5 Å². The van der Waals surface area contributed by atoms with Crippen molar-refractivity contribution in [3.05, 3.63) is 94.6 Å². The van der Waals surface area contributed by atoms with E-state index in [-0.39, 0.29) is 39.5 Å². The van der Waals surface area contributed by atoms with Gasteiger partial charge in [-0.05, 0) is 18.2 Å². The Kier molecular flexibility index (Phi) is 12.4. The Morgan fingerprint density at radius 3 is 1.18 bits per heavy atom. The van der Waals surface area contributed by atoms with Crippen LogP contribution in [0.1, 0.15) is 83.7 Å². The van der Waals surface area contributed by atoms with E-state index in [1.54, 1.807) is 0 Å². The summed E-state index contributed by atoms with van der Waals surface area (Å²) in [5.41, 5.74) is -1.17. The van der Waals surface area contributed by atoms with Crippen LogP contribution in [0, 0.1) is 0 Å². The molecule has 20 heteroatoms. The first-order valence-electron chi connectivity index (χ1n) is 10.7. The normalized spacial score (nSPS) is 9.45. The first-order chi connectivity index (χ1) is 20.5. The molecule has 232 valence electrons. The van der Waals surface area contributed by atoms with E-state index >= 15 is 0 Å². The number of aromatic carboxylic acids is 8. The molecule has 0 amide bonds. The van der Waals surface area contributed by atoms with E-state index in [4.69, 9.17) is 40.9 Å². The summed E-state index contributed by atoms with van der Waals surface area (Å²) in [6.45, 7) is 0. The molecule has 4 aromatic rings. The lowest BCUT2D eigenvalue weighted by Crippen LogP contribution is -2.03. The Labute approximate surface area is 239 Å². The summed E-state index contributed by atoms with van der Waals surface area (Å²) in [5, 5.41) is 66.7. The molecule has 4 aromatic heterocycles. The summed E-state index contributed by atoms with van der Waals surface area (Å²) in [6, 6.07) is 4.22. The van der Waals surface area contributed by atoms with Crippen LogP contribution in [0.2, 0.25) is 0 Å². The lowest BCUT2D eigenvalue weighted by atomic mass is 10.2. The molecule has 0 spiro atoms. The van der Waals surface area contributed by atoms with Crippen molar-refractivity contribution in [1.82, 2.24) is 0 Å². The van der Waals surface area contributed by atoms with Gasteiger partial charge in [0, 0.05) is 6.07 Å². The Morgan fingerprint density at radius 1 is 0.455 bits per heavy atom. The van der Waals surface area contributed by atoms with Crippen molar-refractivity contribution in [2.24, 2.45) is 0 Å². The van der Waals surface area contributed by atoms with Crippen molar-refractivity contribution in [2.75, 3.05) is 0 Å². The molecular weight excluding hydrogens is 608 g/mol. The maximum Gasteiger partial charge on any atom is 0.372 e. The molecule has 4 heterocycles. The largest absolute Gasteiger partial charge is 0.478 e. The first-order valence-corrected chi connectivity index (χ1v) is 10.7. The Bertz CT molecular complexity index is 1450. The Morgan fingerprint density at radius 2 is 0.909 bits per heavy atom. The minimum Gasteiger partial charge on any atom is -0.478 e. The van der Waals surface area contributed by atoms with Crippen LogP contribution in [-0.2, 0) is 0 Å². The summed E-state index contributed by atoms with van der Waals surface area (Å²) in [4.78, 5) is 81.7. The van der Waals surface area contributed by atoms with E-state index in [0.29, 0.717) is 0 Å². The summed E-state index contributed by atoms with van der Waals surface area (Å²) in [5.74, 6) is -12.0. The van der Waals surface area contributed by atoms with Gasteiger partial charge in [0.05, 0.1) is 11.8 Å². The standard InChI is InChI=1S/4C6H4O5/c7-5(8)3-1-11-2-4(3)6(9)10;7-5(8)3-1-4(6(9)10)11-2-3;7-5(8)3-1-2-11-4(3)6(9)10;7-5(8)3-1-2-4(11-3)6(9)10/h4*1-2H,(H,7,8)(H,9,10). The molecule has 0 fully saturated rings. The number of rotatable bonds is 8. The second-order valence-corrected chi connectivity index (χ2v) is 7.17. The Balaban J connectivity index is 0.000000293. The van der Waals surface area contributed by atoms with Gasteiger partial charge >= 0.3 is 47.8 Å². The van der Waals surface area contributed by atoms with Crippen LogP contribution < -0.4 is 0 Å². The molecule has 0 unspecified atom stereocenters. The van der Waals surface area contributed by atoms with Gasteiger partial charge in [0.15, 0.2) is 0 Å². The number of hydrogen-bond donors (Lipinski definition) is 8. The minimum absolute atomic E-state index is 0.164. The van der Waals surface area contributed by atoms with Crippen LogP contribution >= 0.6 is 0 Å². The van der Waals surface area contributed by atoms with E-state index in [1.165, 1.54) is 0 Å². The highest BCUT2D eigenvalue weighted by Crippen LogP contribution is 2.11. The predicted octanol–water partition coefficient (Wildman–Crippen LogP) is 2.70. The van der Waals surface area contributed by atoms with Gasteiger partial charge in [-0.2, -0.15) is 0 Å². The maximum absolute atomic E-state index is 10.3. The third-order valence-electron chi connectivity index (χ3n) is 4.30. The van der Waals surface area contributed by atoms with Crippen molar-refractivity contribution in [3.63, 3.8) is 0 Å². The molecule has 0 aliphatic carbocycles. The highest BCUT2D eigenvalue weighted by Gasteiger charge is 2.19. The maximum atomic E-state index is 10.3. The molecule has 0 aromatic carbocycles. The van der Waals surface area contributed by atoms with Crippen LogP contribution in [-0.4, -0.2) is 88.6 Å². The van der Waals surface area contributed by atoms with Crippen LogP contribution in [0.25, 0.3) is 0 Å². The number of hydrogen-bond acceptors (Lipinski definition) is 12. The molecule has 0 radical (unpaired) electrons. The fraction of sp³-hybridized carbons (Fsp3) is 0. The SMILES string of the molecule is O=C(O)c1ccc(C(=O)O)o1.O=C(O)c1ccoc1C(=O)O.O=C(O)c1coc(C(=O)O)c1.O=C(O)c1cocc1C(=O)O. The average molecular weight is 624 g/mol. The number of carbonyl (C=O) groups is 8. The van der Waals surface area contributed by atoms with E-state index in [1.807, 2.05) is 0 Å². The second kappa shape index (κ2) is 15.6. The van der Waals surface area contributed by atoms with Crippen molar-refractivity contribution in [1.29, 1.82) is 0 Å². The van der Waals surface area contributed by atoms with E-state index in [2.05, 4.69) is 17.7 Å². The highest BCUT2D eigenvalue weighted by atomic mass is 16.4. The van der Waals surface area contributed by atoms with Crippen LogP contribution in [0.3, 0.4) is 0 Å². The summed E-state index contributed by atoms with van der Waals surface area (Å²) < 4.78 is 17.6. The summed E-state index contributed by atoms with van der Waals surface area (Å²) in [6.07, 6.45) is 3.66. The second-order valence-electron chi connectivity index (χ2n) is 7.17. The monoisotopic (exact) mass is 624 g/mol. The Hall–Kier alpha value is -7.12. The first kappa shape index (κ1) is 34.9. The molecular formula is C24H16O20. The molecule has 4 rings (SSSR count). The third-order valence-corrected chi connectivity index (χ3v) is 4.30. The zero-order chi connectivity index (χ0) is 33.7. The lowest BCUT2D eigenvalue weighted by molar-refractivity contribution is 0.0621. The van der Waals surface area contributed by atoms with E-state index in [0.717, 1.165) is 49.3 Å². The number of carboxylic acid groups (broad SMARTS) is 8. The zero-order valence-electron chi connectivity index (χ0n) is 21.1. The molecule has 8 N–H and O–H groups in total. The van der Waals surface area contributed by atoms with Gasteiger partial charge in [-0.1, -0.05) is 0 Å². The van der Waals surface area contributed by atoms with Crippen LogP contribution in [0.15, 0.2) is 67.0 Å². The quantitative estimate of drug-likeness (QED) is 0.139. The van der Waals surface area contributed by atoms with Crippen molar-refractivity contribution < 1.29 is 96.9 Å². The topological polar surface area (TPSA) is 351 Å². The molecule has 0 bridgehead atoms. The van der Waals surface area contributed by atoms with Gasteiger partial charge in [-0.25, -0.2) is 38.4 Å². The van der Waals surface area contributed by atoms with Crippen LogP contribution in [0.4, 0.5) is 0 Å². The summed E-state index contributed by atoms with van der Waals surface area (Å²) >= 11 is 0. The van der Waals surface area contributed by atoms with Gasteiger partial charge in [-0.3, -0.25) is 0 Å².